The van der Waals surface area contributed by atoms with Crippen molar-refractivity contribution < 1.29 is 40.9 Å². The SMILES string of the molecule is CCc1nonc1C(=O)N[C@H](c1cn2nc(C[C@H]3C[C@@H](C(F)(F)F)CNC3=O)c(N3CCN(CCOC)CC3)nc2n1)C1CCC(F)(F)CC1. The number of amides is 2. The summed E-state index contributed by atoms with van der Waals surface area (Å²) in [6.07, 6.45) is -3.50. The zero-order chi connectivity index (χ0) is 35.6. The van der Waals surface area contributed by atoms with Crippen LogP contribution >= 0.6 is 0 Å². The summed E-state index contributed by atoms with van der Waals surface area (Å²) in [6.45, 7) is 5.03. The molecule has 2 saturated heterocycles. The van der Waals surface area contributed by atoms with Crippen LogP contribution in [-0.2, 0) is 22.4 Å². The molecule has 0 unspecified atom stereocenters. The Morgan fingerprint density at radius 1 is 1.14 bits per heavy atom. The molecular weight excluding hydrogens is 671 g/mol. The first kappa shape index (κ1) is 35.8. The Hall–Kier alpha value is -4.00. The topological polar surface area (TPSA) is 156 Å². The van der Waals surface area contributed by atoms with E-state index in [0.717, 1.165) is 6.54 Å². The molecule has 3 aromatic heterocycles. The van der Waals surface area contributed by atoms with Gasteiger partial charge >= 0.3 is 6.18 Å². The molecule has 0 spiro atoms. The number of carbonyl (C=O) groups excluding carboxylic acids is 2. The third kappa shape index (κ3) is 7.98. The number of nitrogens with zero attached hydrogens (tertiary/aromatic N) is 8. The largest absolute Gasteiger partial charge is 0.393 e. The minimum atomic E-state index is -4.47. The van der Waals surface area contributed by atoms with Crippen molar-refractivity contribution in [2.45, 2.75) is 70.0 Å². The van der Waals surface area contributed by atoms with Crippen molar-refractivity contribution >= 4 is 23.4 Å². The van der Waals surface area contributed by atoms with E-state index >= 15 is 0 Å². The van der Waals surface area contributed by atoms with Gasteiger partial charge in [-0.05, 0) is 36.8 Å². The molecule has 0 radical (unpaired) electrons. The van der Waals surface area contributed by atoms with Crippen LogP contribution in [0.15, 0.2) is 10.8 Å². The smallest absolute Gasteiger partial charge is 0.383 e. The van der Waals surface area contributed by atoms with Crippen LogP contribution in [0, 0.1) is 17.8 Å². The minimum absolute atomic E-state index is 0.0178. The summed E-state index contributed by atoms with van der Waals surface area (Å²) in [5.41, 5.74) is 0.971. The van der Waals surface area contributed by atoms with Crippen molar-refractivity contribution in [1.82, 2.24) is 45.4 Å². The highest BCUT2D eigenvalue weighted by atomic mass is 19.4. The van der Waals surface area contributed by atoms with E-state index < -0.39 is 54.3 Å². The first-order valence-corrected chi connectivity index (χ1v) is 16.9. The van der Waals surface area contributed by atoms with Gasteiger partial charge in [-0.2, -0.15) is 23.3 Å². The number of methoxy groups -OCH3 is 1. The molecule has 14 nitrogen and oxygen atoms in total. The summed E-state index contributed by atoms with van der Waals surface area (Å²) in [5.74, 6) is -6.42. The second kappa shape index (κ2) is 14.7. The Balaban J connectivity index is 1.34. The number of piperazine rings is 1. The van der Waals surface area contributed by atoms with E-state index in [9.17, 15) is 31.5 Å². The van der Waals surface area contributed by atoms with Gasteiger partial charge in [-0.3, -0.25) is 14.5 Å². The number of hydrogen-bond donors (Lipinski definition) is 2. The average molecular weight is 713 g/mol. The molecule has 3 fully saturated rings. The number of hydrogen-bond acceptors (Lipinski definition) is 11. The van der Waals surface area contributed by atoms with E-state index in [1.54, 1.807) is 14.0 Å². The van der Waals surface area contributed by atoms with E-state index in [0.29, 0.717) is 62.1 Å². The molecule has 3 aliphatic rings. The Labute approximate surface area is 284 Å². The summed E-state index contributed by atoms with van der Waals surface area (Å²) in [5, 5.41) is 17.6. The van der Waals surface area contributed by atoms with Gasteiger partial charge in [-0.25, -0.2) is 22.9 Å². The summed E-state index contributed by atoms with van der Waals surface area (Å²) in [7, 11) is 1.63. The lowest BCUT2D eigenvalue weighted by Crippen LogP contribution is -2.49. The van der Waals surface area contributed by atoms with Crippen molar-refractivity contribution in [3.8, 4) is 0 Å². The van der Waals surface area contributed by atoms with Crippen molar-refractivity contribution in [3.63, 3.8) is 0 Å². The molecule has 5 heterocycles. The van der Waals surface area contributed by atoms with Gasteiger partial charge in [0, 0.05) is 71.6 Å². The maximum atomic E-state index is 14.2. The number of fused-ring (bicyclic) bond motifs is 1. The maximum absolute atomic E-state index is 14.2. The monoisotopic (exact) mass is 712 g/mol. The third-order valence-corrected chi connectivity index (χ3v) is 9.97. The number of aryl methyl sites for hydroxylation is 1. The van der Waals surface area contributed by atoms with Crippen LogP contribution in [0.5, 0.6) is 0 Å². The number of aromatic nitrogens is 6. The average Bonchev–Trinajstić information content (AvgIpc) is 3.74. The molecule has 2 aliphatic heterocycles. The van der Waals surface area contributed by atoms with Crippen molar-refractivity contribution in [2.75, 3.05) is 57.9 Å². The fourth-order valence-corrected chi connectivity index (χ4v) is 7.01. The van der Waals surface area contributed by atoms with Crippen LogP contribution in [-0.4, -0.2) is 112 Å². The molecule has 1 aliphatic carbocycles. The Bertz CT molecular complexity index is 1650. The van der Waals surface area contributed by atoms with Crippen LogP contribution in [0.3, 0.4) is 0 Å². The van der Waals surface area contributed by atoms with E-state index in [1.165, 1.54) is 10.7 Å². The molecule has 1 saturated carbocycles. The lowest BCUT2D eigenvalue weighted by molar-refractivity contribution is -0.183. The highest BCUT2D eigenvalue weighted by Crippen LogP contribution is 2.41. The van der Waals surface area contributed by atoms with Crippen molar-refractivity contribution in [1.29, 1.82) is 0 Å². The molecule has 0 aromatic carbocycles. The number of imidazole rings is 1. The van der Waals surface area contributed by atoms with Crippen LogP contribution in [0.1, 0.15) is 72.6 Å². The van der Waals surface area contributed by atoms with E-state index in [2.05, 4.69) is 25.8 Å². The molecule has 3 aromatic rings. The summed E-state index contributed by atoms with van der Waals surface area (Å²) >= 11 is 0. The molecule has 274 valence electrons. The highest BCUT2D eigenvalue weighted by molar-refractivity contribution is 5.93. The van der Waals surface area contributed by atoms with E-state index in [4.69, 9.17) is 24.4 Å². The number of nitrogens with one attached hydrogen (secondary N) is 2. The van der Waals surface area contributed by atoms with Gasteiger partial charge in [-0.1, -0.05) is 12.1 Å². The quantitative estimate of drug-likeness (QED) is 0.282. The number of alkyl halides is 5. The summed E-state index contributed by atoms with van der Waals surface area (Å²) in [4.78, 5) is 40.0. The first-order valence-electron chi connectivity index (χ1n) is 16.9. The predicted octanol–water partition coefficient (Wildman–Crippen LogP) is 2.99. The van der Waals surface area contributed by atoms with Crippen LogP contribution < -0.4 is 15.5 Å². The Morgan fingerprint density at radius 3 is 2.56 bits per heavy atom. The van der Waals surface area contributed by atoms with E-state index in [-0.39, 0.29) is 50.0 Å². The number of rotatable bonds is 11. The molecule has 2 N–H and O–H groups in total. The molecule has 6 rings (SSSR count). The van der Waals surface area contributed by atoms with Crippen molar-refractivity contribution in [2.24, 2.45) is 17.8 Å². The maximum Gasteiger partial charge on any atom is 0.393 e. The van der Waals surface area contributed by atoms with Gasteiger partial charge in [0.05, 0.1) is 30.5 Å². The fourth-order valence-electron chi connectivity index (χ4n) is 7.01. The second-order valence-corrected chi connectivity index (χ2v) is 13.3. The predicted molar refractivity (Wildman–Crippen MR) is 166 cm³/mol. The zero-order valence-electron chi connectivity index (χ0n) is 27.9. The number of piperidine rings is 1. The third-order valence-electron chi connectivity index (χ3n) is 9.97. The second-order valence-electron chi connectivity index (χ2n) is 13.3. The molecule has 2 amide bonds. The van der Waals surface area contributed by atoms with Gasteiger partial charge in [0.25, 0.3) is 11.7 Å². The minimum Gasteiger partial charge on any atom is -0.383 e. The highest BCUT2D eigenvalue weighted by Gasteiger charge is 2.45. The number of ether oxygens (including phenoxy) is 1. The lowest BCUT2D eigenvalue weighted by Gasteiger charge is -2.36. The van der Waals surface area contributed by atoms with Gasteiger partial charge in [0.1, 0.15) is 11.4 Å². The molecule has 50 heavy (non-hydrogen) atoms. The van der Waals surface area contributed by atoms with Gasteiger partial charge < -0.3 is 20.3 Å². The first-order chi connectivity index (χ1) is 23.8. The van der Waals surface area contributed by atoms with Crippen LogP contribution in [0.25, 0.3) is 5.78 Å². The Morgan fingerprint density at radius 2 is 1.88 bits per heavy atom. The number of carbonyl (C=O) groups is 2. The standard InChI is InChI=1S/C31H41F5N10O4/c1-3-21-25(43-50-42-21)28(48)39-24(18-4-6-30(32,33)7-5-18)23-17-46-29(38-23)40-26(45-10-8-44(9-11-45)12-13-49-2)22(41-46)15-19-14-20(31(34,35)36)16-37-27(19)47/h17-20,24H,3-16H2,1-2H3,(H,37,47)(H,39,48)/t19-,20-,24+/m1/s1. The Kier molecular flexibility index (Phi) is 10.5. The molecule has 19 heteroatoms. The summed E-state index contributed by atoms with van der Waals surface area (Å²) in [6, 6.07) is -0.823. The van der Waals surface area contributed by atoms with Gasteiger partial charge in [-0.15, -0.1) is 0 Å². The molecule has 0 bridgehead atoms. The zero-order valence-corrected chi connectivity index (χ0v) is 27.9. The van der Waals surface area contributed by atoms with Crippen LogP contribution in [0.4, 0.5) is 27.8 Å². The normalized spacial score (nSPS) is 22.9. The number of halogens is 5. The van der Waals surface area contributed by atoms with Crippen molar-refractivity contribution in [3.05, 3.63) is 29.0 Å². The molecule has 3 atom stereocenters. The van der Waals surface area contributed by atoms with Gasteiger partial charge in [0.15, 0.2) is 11.5 Å². The summed E-state index contributed by atoms with van der Waals surface area (Å²) < 4.78 is 80.8. The van der Waals surface area contributed by atoms with Crippen LogP contribution in [0.2, 0.25) is 0 Å². The van der Waals surface area contributed by atoms with E-state index in [1.807, 2.05) is 4.90 Å². The molecular formula is C31H41F5N10O4. The fraction of sp³-hybridized carbons (Fsp3) is 0.710. The number of anilines is 1. The lowest BCUT2D eigenvalue weighted by atomic mass is 9.81. The van der Waals surface area contributed by atoms with Gasteiger partial charge in [0.2, 0.25) is 11.8 Å².